The van der Waals surface area contributed by atoms with Crippen LogP contribution >= 0.6 is 0 Å². The molecule has 0 saturated heterocycles. The zero-order valence-electron chi connectivity index (χ0n) is 17.5. The summed E-state index contributed by atoms with van der Waals surface area (Å²) in [7, 11) is 1.53. The van der Waals surface area contributed by atoms with Gasteiger partial charge in [-0.3, -0.25) is 9.59 Å². The second-order valence-corrected chi connectivity index (χ2v) is 7.08. The van der Waals surface area contributed by atoms with Gasteiger partial charge < -0.3 is 9.64 Å². The fourth-order valence-corrected chi connectivity index (χ4v) is 3.72. The highest BCUT2D eigenvalue weighted by atomic mass is 19.2. The van der Waals surface area contributed by atoms with E-state index in [0.29, 0.717) is 17.9 Å². The molecular weight excluding hydrogens is 414 g/mol. The summed E-state index contributed by atoms with van der Waals surface area (Å²) in [6.07, 6.45) is 0. The number of anilines is 2. The van der Waals surface area contributed by atoms with Crippen LogP contribution in [0.1, 0.15) is 12.5 Å². The van der Waals surface area contributed by atoms with Crippen molar-refractivity contribution >= 4 is 28.8 Å². The standard InChI is InChI=1S/C25H20F2N2O3/c1-3-28(17-7-5-4-6-8-17)23-22(16-9-12-19(32-2)13-10-16)24(30)29(25(23)31)18-11-14-20(26)21(27)15-18/h4-15H,3H2,1-2H3. The summed E-state index contributed by atoms with van der Waals surface area (Å²) in [5.41, 5.74) is 1.54. The first kappa shape index (κ1) is 21.2. The second-order valence-electron chi connectivity index (χ2n) is 7.08. The number of halogens is 2. The number of rotatable bonds is 6. The molecule has 5 nitrogen and oxygen atoms in total. The van der Waals surface area contributed by atoms with Gasteiger partial charge in [0.15, 0.2) is 11.6 Å². The van der Waals surface area contributed by atoms with Crippen molar-refractivity contribution in [3.05, 3.63) is 95.7 Å². The molecule has 3 aromatic rings. The number of likely N-dealkylation sites (N-methyl/N-ethyl adjacent to an activating group) is 1. The second kappa shape index (κ2) is 8.63. The SMILES string of the molecule is CCN(C1=C(c2ccc(OC)cc2)C(=O)N(c2ccc(F)c(F)c2)C1=O)c1ccccc1. The first-order valence-corrected chi connectivity index (χ1v) is 10.0. The van der Waals surface area contributed by atoms with Gasteiger partial charge in [-0.05, 0) is 48.9 Å². The topological polar surface area (TPSA) is 49.9 Å². The van der Waals surface area contributed by atoms with Crippen LogP contribution in [-0.2, 0) is 9.59 Å². The molecule has 2 amide bonds. The molecule has 0 aliphatic carbocycles. The molecule has 7 heteroatoms. The number of carbonyl (C=O) groups is 2. The van der Waals surface area contributed by atoms with Crippen LogP contribution in [0.25, 0.3) is 5.57 Å². The van der Waals surface area contributed by atoms with E-state index in [9.17, 15) is 18.4 Å². The molecule has 0 fully saturated rings. The van der Waals surface area contributed by atoms with Crippen LogP contribution in [0.3, 0.4) is 0 Å². The highest BCUT2D eigenvalue weighted by Crippen LogP contribution is 2.37. The molecule has 1 aliphatic heterocycles. The van der Waals surface area contributed by atoms with E-state index in [1.165, 1.54) is 13.2 Å². The van der Waals surface area contributed by atoms with E-state index in [-0.39, 0.29) is 17.0 Å². The Morgan fingerprint density at radius 3 is 2.16 bits per heavy atom. The molecule has 0 N–H and O–H groups in total. The largest absolute Gasteiger partial charge is 0.497 e. The zero-order valence-corrected chi connectivity index (χ0v) is 17.5. The Balaban J connectivity index is 1.90. The minimum Gasteiger partial charge on any atom is -0.497 e. The zero-order chi connectivity index (χ0) is 22.8. The smallest absolute Gasteiger partial charge is 0.282 e. The summed E-state index contributed by atoms with van der Waals surface area (Å²) in [5, 5.41) is 0. The van der Waals surface area contributed by atoms with Crippen molar-refractivity contribution in [3.8, 4) is 5.75 Å². The first-order valence-electron chi connectivity index (χ1n) is 10.0. The molecule has 3 aromatic carbocycles. The summed E-state index contributed by atoms with van der Waals surface area (Å²) in [5.74, 6) is -2.83. The molecule has 1 aliphatic rings. The van der Waals surface area contributed by atoms with E-state index < -0.39 is 23.4 Å². The molecule has 0 unspecified atom stereocenters. The lowest BCUT2D eigenvalue weighted by atomic mass is 10.0. The summed E-state index contributed by atoms with van der Waals surface area (Å²) in [4.78, 5) is 29.7. The van der Waals surface area contributed by atoms with Gasteiger partial charge in [0.05, 0.1) is 18.4 Å². The minimum absolute atomic E-state index is 0.0379. The molecule has 0 bridgehead atoms. The monoisotopic (exact) mass is 434 g/mol. The lowest BCUT2D eigenvalue weighted by molar-refractivity contribution is -0.120. The van der Waals surface area contributed by atoms with Gasteiger partial charge in [0.2, 0.25) is 0 Å². The Morgan fingerprint density at radius 1 is 0.875 bits per heavy atom. The number of benzene rings is 3. The van der Waals surface area contributed by atoms with Crippen molar-refractivity contribution in [2.45, 2.75) is 6.92 Å². The Morgan fingerprint density at radius 2 is 1.56 bits per heavy atom. The molecule has 0 aromatic heterocycles. The quantitative estimate of drug-likeness (QED) is 0.524. The van der Waals surface area contributed by atoms with Crippen LogP contribution in [0.5, 0.6) is 5.75 Å². The van der Waals surface area contributed by atoms with Crippen molar-refractivity contribution in [3.63, 3.8) is 0 Å². The van der Waals surface area contributed by atoms with E-state index in [1.54, 1.807) is 29.2 Å². The normalized spacial score (nSPS) is 13.7. The number of methoxy groups -OCH3 is 1. The lowest BCUT2D eigenvalue weighted by Gasteiger charge is -2.25. The highest BCUT2D eigenvalue weighted by Gasteiger charge is 2.42. The predicted molar refractivity (Wildman–Crippen MR) is 118 cm³/mol. The number of hydrogen-bond donors (Lipinski definition) is 0. The summed E-state index contributed by atoms with van der Waals surface area (Å²) in [6, 6.07) is 18.9. The highest BCUT2D eigenvalue weighted by molar-refractivity contribution is 6.46. The molecule has 0 radical (unpaired) electrons. The van der Waals surface area contributed by atoms with Crippen LogP contribution in [0.2, 0.25) is 0 Å². The molecule has 4 rings (SSSR count). The van der Waals surface area contributed by atoms with Crippen molar-refractivity contribution in [2.75, 3.05) is 23.5 Å². The third-order valence-corrected chi connectivity index (χ3v) is 5.25. The van der Waals surface area contributed by atoms with Crippen molar-refractivity contribution in [1.82, 2.24) is 0 Å². The maximum Gasteiger partial charge on any atom is 0.282 e. The number of nitrogens with zero attached hydrogens (tertiary/aromatic N) is 2. The van der Waals surface area contributed by atoms with Crippen LogP contribution < -0.4 is 14.5 Å². The molecule has 0 saturated carbocycles. The predicted octanol–water partition coefficient (Wildman–Crippen LogP) is 4.78. The third-order valence-electron chi connectivity index (χ3n) is 5.25. The fourth-order valence-electron chi connectivity index (χ4n) is 3.72. The van der Waals surface area contributed by atoms with Crippen LogP contribution in [0, 0.1) is 11.6 Å². The van der Waals surface area contributed by atoms with E-state index in [0.717, 1.165) is 22.7 Å². The molecule has 1 heterocycles. The van der Waals surface area contributed by atoms with Gasteiger partial charge in [0.1, 0.15) is 11.4 Å². The Hall–Kier alpha value is -4.00. The lowest BCUT2D eigenvalue weighted by Crippen LogP contribution is -2.35. The molecular formula is C25H20F2N2O3. The maximum absolute atomic E-state index is 13.9. The van der Waals surface area contributed by atoms with Gasteiger partial charge in [0.25, 0.3) is 11.8 Å². The number of imide groups is 1. The van der Waals surface area contributed by atoms with Gasteiger partial charge >= 0.3 is 0 Å². The van der Waals surface area contributed by atoms with E-state index in [2.05, 4.69) is 0 Å². The number of hydrogen-bond acceptors (Lipinski definition) is 4. The average Bonchev–Trinajstić information content (AvgIpc) is 3.07. The van der Waals surface area contributed by atoms with E-state index in [4.69, 9.17) is 4.74 Å². The fraction of sp³-hybridized carbons (Fsp3) is 0.120. The Labute approximate surface area is 184 Å². The number of ether oxygens (including phenoxy) is 1. The maximum atomic E-state index is 13.9. The Kier molecular flexibility index (Phi) is 5.73. The minimum atomic E-state index is -1.14. The van der Waals surface area contributed by atoms with Crippen molar-refractivity contribution < 1.29 is 23.1 Å². The van der Waals surface area contributed by atoms with Gasteiger partial charge in [-0.25, -0.2) is 13.7 Å². The molecule has 162 valence electrons. The summed E-state index contributed by atoms with van der Waals surface area (Å²) < 4.78 is 32.6. The number of para-hydroxylation sites is 1. The van der Waals surface area contributed by atoms with Gasteiger partial charge in [-0.2, -0.15) is 0 Å². The third kappa shape index (κ3) is 3.62. The first-order chi connectivity index (χ1) is 15.5. The van der Waals surface area contributed by atoms with Crippen LogP contribution in [0.4, 0.5) is 20.2 Å². The van der Waals surface area contributed by atoms with E-state index in [1.807, 2.05) is 37.3 Å². The van der Waals surface area contributed by atoms with Gasteiger partial charge in [-0.1, -0.05) is 30.3 Å². The van der Waals surface area contributed by atoms with Crippen LogP contribution in [-0.4, -0.2) is 25.5 Å². The van der Waals surface area contributed by atoms with Gasteiger partial charge in [-0.15, -0.1) is 0 Å². The van der Waals surface area contributed by atoms with Crippen molar-refractivity contribution in [2.24, 2.45) is 0 Å². The molecule has 32 heavy (non-hydrogen) atoms. The Bertz CT molecular complexity index is 1210. The average molecular weight is 434 g/mol. The van der Waals surface area contributed by atoms with Crippen LogP contribution in [0.15, 0.2) is 78.5 Å². The van der Waals surface area contributed by atoms with Crippen molar-refractivity contribution in [1.29, 1.82) is 0 Å². The summed E-state index contributed by atoms with van der Waals surface area (Å²) in [6.45, 7) is 2.27. The number of amides is 2. The van der Waals surface area contributed by atoms with E-state index >= 15 is 0 Å². The molecule has 0 atom stereocenters. The number of carbonyl (C=O) groups excluding carboxylic acids is 2. The summed E-state index contributed by atoms with van der Waals surface area (Å²) >= 11 is 0. The van der Waals surface area contributed by atoms with Gasteiger partial charge in [0, 0.05) is 18.3 Å². The molecule has 0 spiro atoms.